The van der Waals surface area contributed by atoms with Crippen LogP contribution in [0.5, 0.6) is 0 Å². The minimum absolute atomic E-state index is 0.00306. The highest BCUT2D eigenvalue weighted by Gasteiger charge is 2.56. The summed E-state index contributed by atoms with van der Waals surface area (Å²) in [4.78, 5) is 123. The molecule has 4 aromatic rings. The van der Waals surface area contributed by atoms with E-state index >= 15 is 13.6 Å². The van der Waals surface area contributed by atoms with Crippen LogP contribution in [0.4, 0.5) is 20.2 Å². The van der Waals surface area contributed by atoms with Gasteiger partial charge in [0.05, 0.1) is 30.3 Å². The topological polar surface area (TPSA) is 276 Å². The molecule has 0 spiro atoms. The van der Waals surface area contributed by atoms with E-state index in [-0.39, 0.29) is 113 Å². The first-order valence-electron chi connectivity index (χ1n) is 36.5. The van der Waals surface area contributed by atoms with E-state index in [2.05, 4.69) is 53.7 Å². The molecule has 544 valence electrons. The maximum atomic E-state index is 16.8. The number of rotatable bonds is 32. The van der Waals surface area contributed by atoms with Gasteiger partial charge in [-0.05, 0) is 195 Å². The summed E-state index contributed by atoms with van der Waals surface area (Å²) in [7, 11) is 5.53. The van der Waals surface area contributed by atoms with E-state index in [0.717, 1.165) is 51.4 Å². The Morgan fingerprint density at radius 3 is 1.51 bits per heavy atom. The average Bonchev–Trinajstić information content (AvgIpc) is 1.57. The predicted octanol–water partition coefficient (Wildman–Crippen LogP) is 6.74. The van der Waals surface area contributed by atoms with Crippen LogP contribution in [0.25, 0.3) is 0 Å². The van der Waals surface area contributed by atoms with E-state index in [1.165, 1.54) is 42.3 Å². The molecule has 2 aliphatic heterocycles. The quantitative estimate of drug-likeness (QED) is 0.0277. The fourth-order valence-electron chi connectivity index (χ4n) is 15.2. The van der Waals surface area contributed by atoms with E-state index in [0.29, 0.717) is 75.6 Å². The number of likely N-dealkylation sites (N-methyl/N-ethyl adjacent to an activating group) is 2. The molecule has 2 saturated heterocycles. The summed E-state index contributed by atoms with van der Waals surface area (Å²) >= 11 is 0. The summed E-state index contributed by atoms with van der Waals surface area (Å²) in [6.45, 7) is 19.1. The number of nitrogens with one attached hydrogen (secondary N) is 6. The third-order valence-electron chi connectivity index (χ3n) is 22.7. The van der Waals surface area contributed by atoms with Gasteiger partial charge >= 0.3 is 0 Å². The number of hydrogen-bond donors (Lipinski definition) is 6. The third kappa shape index (κ3) is 17.1. The molecule has 5 aliphatic carbocycles. The molecule has 3 unspecified atom stereocenters. The van der Waals surface area contributed by atoms with E-state index in [1.807, 2.05) is 48.7 Å². The zero-order chi connectivity index (χ0) is 71.5. The van der Waals surface area contributed by atoms with Crippen LogP contribution in [-0.2, 0) is 51.3 Å². The molecule has 11 rings (SSSR count). The van der Waals surface area contributed by atoms with Gasteiger partial charge in [0.25, 0.3) is 11.8 Å². The number of ether oxygens (including phenoxy) is 2. The molecule has 2 aromatic carbocycles. The zero-order valence-electron chi connectivity index (χ0n) is 59.9. The molecule has 5 saturated carbocycles. The first-order chi connectivity index (χ1) is 47.9. The number of methoxy groups -OCH3 is 1. The Morgan fingerprint density at radius 1 is 0.560 bits per heavy atom. The van der Waals surface area contributed by atoms with Crippen molar-refractivity contribution in [1.82, 2.24) is 60.4 Å². The van der Waals surface area contributed by atoms with Gasteiger partial charge in [-0.25, -0.2) is 8.78 Å². The largest absolute Gasteiger partial charge is 0.382 e. The Labute approximate surface area is 585 Å². The Balaban J connectivity index is 0.805. The number of benzene rings is 2. The van der Waals surface area contributed by atoms with Gasteiger partial charge in [-0.2, -0.15) is 10.2 Å². The molecule has 0 radical (unpaired) electrons. The molecular weight excluding hydrogens is 1280 g/mol. The second kappa shape index (κ2) is 31.7. The van der Waals surface area contributed by atoms with Crippen LogP contribution < -0.4 is 31.9 Å². The molecular formula is C74H104F2N14O10. The molecule has 6 N–H and O–H groups in total. The van der Waals surface area contributed by atoms with Gasteiger partial charge in [0.2, 0.25) is 35.4 Å². The fourth-order valence-corrected chi connectivity index (χ4v) is 15.2. The van der Waals surface area contributed by atoms with Crippen molar-refractivity contribution in [3.05, 3.63) is 94.6 Å². The third-order valence-corrected chi connectivity index (χ3v) is 22.7. The highest BCUT2D eigenvalue weighted by Crippen LogP contribution is 2.59. The number of halogens is 2. The van der Waals surface area contributed by atoms with Crippen molar-refractivity contribution in [2.24, 2.45) is 47.3 Å². The van der Waals surface area contributed by atoms with Crippen LogP contribution in [0.3, 0.4) is 0 Å². The smallest absolute Gasteiger partial charge is 0.270 e. The van der Waals surface area contributed by atoms with Crippen molar-refractivity contribution in [1.29, 1.82) is 0 Å². The standard InChI is InChI=1S/C74H104F2N14O10/c1-12-89-59(26-27-77-89)69(93)83-66(72(96)79-57-25-23-51(35-55(57)76)43(6)64(81-68(92)45(8)100-33-32-99-11)74(98)88-31-29-86(10)41(4)39-88)62(49-20-21-49)53-36-52(53)58-37-60(90(13-2)84-58)70(94)82-65(61(47-16-17-47)48-18-19-48)71(95)78-56-24-22-50(34-54(56)75)42(5)63(80-67(91)44(7)46-14-15-46)73(97)87-30-28-85(9)40(3)38-87/h22-27,34-35,37,40-49,52-53,61-66H,12-21,28-33,36,38-39H2,1-11H3,(H,78,95)(H,79,96)(H,80,91)(H,81,92)(H,82,94)(H,83,93)/t40-,41-,42+,43+,44+,45+,52?,53?,62?,63-,64-,65+,66+/m1/s1. The first kappa shape index (κ1) is 73.5. The fraction of sp³-hybridized carbons (Fsp3) is 0.649. The number of aromatic nitrogens is 4. The molecule has 8 amide bonds. The number of hydrogen-bond acceptors (Lipinski definition) is 14. The molecule has 2 aromatic heterocycles. The maximum absolute atomic E-state index is 16.8. The summed E-state index contributed by atoms with van der Waals surface area (Å²) in [5.41, 5.74) is 1.70. The molecule has 4 heterocycles. The Hall–Kier alpha value is -7.68. The van der Waals surface area contributed by atoms with Gasteiger partial charge in [0.1, 0.15) is 53.3 Å². The Kier molecular flexibility index (Phi) is 23.3. The molecule has 7 fully saturated rings. The van der Waals surface area contributed by atoms with Crippen molar-refractivity contribution < 1.29 is 56.6 Å². The normalized spacial score (nSPS) is 23.1. The van der Waals surface area contributed by atoms with Crippen LogP contribution in [0.15, 0.2) is 54.7 Å². The van der Waals surface area contributed by atoms with Crippen molar-refractivity contribution in [3.63, 3.8) is 0 Å². The number of amides is 8. The van der Waals surface area contributed by atoms with Crippen LogP contribution in [0, 0.1) is 59.0 Å². The lowest BCUT2D eigenvalue weighted by atomic mass is 9.87. The van der Waals surface area contributed by atoms with Gasteiger partial charge in [0, 0.05) is 101 Å². The number of piperazine rings is 2. The molecule has 0 bridgehead atoms. The lowest BCUT2D eigenvalue weighted by molar-refractivity contribution is -0.142. The van der Waals surface area contributed by atoms with E-state index in [9.17, 15) is 33.6 Å². The van der Waals surface area contributed by atoms with Crippen molar-refractivity contribution >= 4 is 58.6 Å². The molecule has 13 atom stereocenters. The van der Waals surface area contributed by atoms with Crippen molar-refractivity contribution in [2.45, 2.75) is 186 Å². The van der Waals surface area contributed by atoms with Crippen LogP contribution in [0.1, 0.15) is 169 Å². The Morgan fingerprint density at radius 2 is 1.04 bits per heavy atom. The second-order valence-electron chi connectivity index (χ2n) is 29.7. The summed E-state index contributed by atoms with van der Waals surface area (Å²) in [6.07, 6.45) is 8.20. The highest BCUT2D eigenvalue weighted by atomic mass is 19.1. The van der Waals surface area contributed by atoms with Gasteiger partial charge in [-0.1, -0.05) is 32.9 Å². The van der Waals surface area contributed by atoms with Gasteiger partial charge in [0.15, 0.2) is 0 Å². The second-order valence-corrected chi connectivity index (χ2v) is 29.7. The van der Waals surface area contributed by atoms with Crippen molar-refractivity contribution in [2.75, 3.05) is 84.3 Å². The molecule has 24 nitrogen and oxygen atoms in total. The monoisotopic (exact) mass is 1390 g/mol. The van der Waals surface area contributed by atoms with E-state index in [1.54, 1.807) is 52.6 Å². The zero-order valence-corrected chi connectivity index (χ0v) is 59.9. The number of carbonyl (C=O) groups excluding carboxylic acids is 8. The minimum atomic E-state index is -1.17. The Bertz CT molecular complexity index is 3630. The number of anilines is 2. The maximum Gasteiger partial charge on any atom is 0.270 e. The van der Waals surface area contributed by atoms with E-state index < -0.39 is 89.2 Å². The summed E-state index contributed by atoms with van der Waals surface area (Å²) < 4.78 is 47.3. The molecule has 100 heavy (non-hydrogen) atoms. The van der Waals surface area contributed by atoms with Crippen LogP contribution >= 0.6 is 0 Å². The summed E-state index contributed by atoms with van der Waals surface area (Å²) in [5, 5.41) is 27.1. The van der Waals surface area contributed by atoms with Crippen LogP contribution in [-0.4, -0.2) is 202 Å². The minimum Gasteiger partial charge on any atom is -0.382 e. The van der Waals surface area contributed by atoms with Gasteiger partial charge < -0.3 is 61.0 Å². The van der Waals surface area contributed by atoms with Gasteiger partial charge in [-0.15, -0.1) is 0 Å². The average molecular weight is 1390 g/mol. The summed E-state index contributed by atoms with van der Waals surface area (Å²) in [6, 6.07) is 8.01. The molecule has 7 aliphatic rings. The number of aryl methyl sites for hydroxylation is 2. The number of carbonyl (C=O) groups is 8. The SMILES string of the molecule is CCn1nc(C2CC2C(C2CC2)[C@H](NC(=O)c2ccnn2CC)C(=O)Nc2ccc([C@H](C)[C@@H](NC(=O)[C@H](C)OCCOC)C(=O)N3CCN(C)[C@H](C)C3)cc2F)cc1C(=O)N[C@H](C(=O)Nc1ccc([C@H](C)[C@@H](NC(=O)[C@@H](C)C2CC2)C(=O)N2CCN(C)[C@H](C)C2)cc1F)C(C1CC1)C1CC1. The highest BCUT2D eigenvalue weighted by molar-refractivity contribution is 6.02. The van der Waals surface area contributed by atoms with E-state index in [4.69, 9.17) is 14.6 Å². The first-order valence-corrected chi connectivity index (χ1v) is 36.5. The van der Waals surface area contributed by atoms with Crippen molar-refractivity contribution in [3.8, 4) is 0 Å². The lowest BCUT2D eigenvalue weighted by Crippen LogP contribution is -2.58. The predicted molar refractivity (Wildman–Crippen MR) is 372 cm³/mol. The molecule has 26 heteroatoms. The van der Waals surface area contributed by atoms with Gasteiger partial charge in [-0.3, -0.25) is 47.7 Å². The summed E-state index contributed by atoms with van der Waals surface area (Å²) in [5.74, 6) is -7.13. The number of nitrogens with zero attached hydrogens (tertiary/aromatic N) is 8. The lowest BCUT2D eigenvalue weighted by Gasteiger charge is -2.40. The van der Waals surface area contributed by atoms with Crippen LogP contribution in [0.2, 0.25) is 0 Å².